The summed E-state index contributed by atoms with van der Waals surface area (Å²) in [6.45, 7) is 2.46. The van der Waals surface area contributed by atoms with Gasteiger partial charge in [-0.3, -0.25) is 9.59 Å². The van der Waals surface area contributed by atoms with Gasteiger partial charge in [-0.1, -0.05) is 42.1 Å². The summed E-state index contributed by atoms with van der Waals surface area (Å²) < 4.78 is 11.5. The van der Waals surface area contributed by atoms with Gasteiger partial charge in [-0.25, -0.2) is 4.98 Å². The highest BCUT2D eigenvalue weighted by Gasteiger charge is 2.31. The van der Waals surface area contributed by atoms with Crippen molar-refractivity contribution in [3.05, 3.63) is 75.1 Å². The standard InChI is InChI=1S/C23H23N3O4S/c1-13-6-4-5-7-15(13)12-30-17-9-8-14(10-18(17)29-2)16-11-19(27)24-21-20(16)22(28)26-23(25-21)31-3/h4-10,16H,11-12H2,1-3H3,(H2,24,25,26,27,28)/t16-/m1/s1. The molecule has 0 radical (unpaired) electrons. The molecular formula is C23H23N3O4S. The second-order valence-electron chi connectivity index (χ2n) is 7.27. The van der Waals surface area contributed by atoms with Crippen molar-refractivity contribution in [2.45, 2.75) is 31.0 Å². The van der Waals surface area contributed by atoms with Crippen molar-refractivity contribution in [1.82, 2.24) is 9.97 Å². The number of hydrogen-bond acceptors (Lipinski definition) is 6. The summed E-state index contributed by atoms with van der Waals surface area (Å²) in [6.07, 6.45) is 1.97. The SMILES string of the molecule is COc1cc([C@H]2CC(=O)Nc3nc(SC)[nH]c(=O)c32)ccc1OCc1ccccc1C. The Bertz CT molecular complexity index is 1190. The van der Waals surface area contributed by atoms with E-state index in [2.05, 4.69) is 15.3 Å². The fraction of sp³-hybridized carbons (Fsp3) is 0.261. The van der Waals surface area contributed by atoms with Crippen molar-refractivity contribution in [2.75, 3.05) is 18.7 Å². The Balaban J connectivity index is 1.66. The van der Waals surface area contributed by atoms with Crippen molar-refractivity contribution in [1.29, 1.82) is 0 Å². The lowest BCUT2D eigenvalue weighted by Crippen LogP contribution is -2.31. The molecule has 0 aliphatic carbocycles. The van der Waals surface area contributed by atoms with E-state index in [1.54, 1.807) is 7.11 Å². The lowest BCUT2D eigenvalue weighted by molar-refractivity contribution is -0.116. The largest absolute Gasteiger partial charge is 0.493 e. The van der Waals surface area contributed by atoms with Gasteiger partial charge in [-0.2, -0.15) is 0 Å². The van der Waals surface area contributed by atoms with Gasteiger partial charge in [0.1, 0.15) is 12.4 Å². The highest BCUT2D eigenvalue weighted by molar-refractivity contribution is 7.98. The first-order chi connectivity index (χ1) is 15.0. The number of carbonyl (C=O) groups excluding carboxylic acids is 1. The number of methoxy groups -OCH3 is 1. The Morgan fingerprint density at radius 1 is 1.16 bits per heavy atom. The molecule has 1 aromatic heterocycles. The molecule has 2 aromatic carbocycles. The number of aromatic amines is 1. The molecule has 1 aliphatic rings. The van der Waals surface area contributed by atoms with Gasteiger partial charge in [-0.15, -0.1) is 0 Å². The Morgan fingerprint density at radius 2 is 1.97 bits per heavy atom. The van der Waals surface area contributed by atoms with E-state index in [9.17, 15) is 9.59 Å². The van der Waals surface area contributed by atoms with E-state index in [4.69, 9.17) is 9.47 Å². The number of thioether (sulfide) groups is 1. The highest BCUT2D eigenvalue weighted by Crippen LogP contribution is 2.38. The summed E-state index contributed by atoms with van der Waals surface area (Å²) in [5, 5.41) is 3.18. The van der Waals surface area contributed by atoms with Crippen LogP contribution in [0, 0.1) is 6.92 Å². The van der Waals surface area contributed by atoms with Gasteiger partial charge in [0.05, 0.1) is 12.7 Å². The quantitative estimate of drug-likeness (QED) is 0.449. The fourth-order valence-corrected chi connectivity index (χ4v) is 4.06. The number of H-pyrrole nitrogens is 1. The number of fused-ring (bicyclic) bond motifs is 1. The highest BCUT2D eigenvalue weighted by atomic mass is 32.2. The van der Waals surface area contributed by atoms with E-state index >= 15 is 0 Å². The number of rotatable bonds is 6. The van der Waals surface area contributed by atoms with Gasteiger partial charge in [0.15, 0.2) is 16.7 Å². The van der Waals surface area contributed by atoms with E-state index in [1.807, 2.05) is 55.6 Å². The molecule has 4 rings (SSSR count). The molecule has 7 nitrogen and oxygen atoms in total. The van der Waals surface area contributed by atoms with Crippen molar-refractivity contribution < 1.29 is 14.3 Å². The Labute approximate surface area is 184 Å². The number of aromatic nitrogens is 2. The molecule has 0 saturated heterocycles. The smallest absolute Gasteiger partial charge is 0.257 e. The number of amides is 1. The number of ether oxygens (including phenoxy) is 2. The lowest BCUT2D eigenvalue weighted by atomic mass is 9.86. The fourth-order valence-electron chi connectivity index (χ4n) is 3.68. The first-order valence-electron chi connectivity index (χ1n) is 9.83. The number of nitrogens with zero attached hydrogens (tertiary/aromatic N) is 1. The Kier molecular flexibility index (Phi) is 5.99. The third-order valence-corrected chi connectivity index (χ3v) is 5.94. The summed E-state index contributed by atoms with van der Waals surface area (Å²) in [6, 6.07) is 13.5. The normalized spacial score (nSPS) is 15.2. The summed E-state index contributed by atoms with van der Waals surface area (Å²) in [4.78, 5) is 32.2. The van der Waals surface area contributed by atoms with Crippen LogP contribution in [0.25, 0.3) is 0 Å². The van der Waals surface area contributed by atoms with E-state index in [0.29, 0.717) is 34.6 Å². The number of carbonyl (C=O) groups is 1. The topological polar surface area (TPSA) is 93.3 Å². The molecule has 1 aliphatic heterocycles. The maximum absolute atomic E-state index is 12.7. The maximum atomic E-state index is 12.7. The van der Waals surface area contributed by atoms with Crippen molar-refractivity contribution in [3.8, 4) is 11.5 Å². The van der Waals surface area contributed by atoms with Crippen LogP contribution < -0.4 is 20.3 Å². The van der Waals surface area contributed by atoms with Crippen LogP contribution in [0.3, 0.4) is 0 Å². The third-order valence-electron chi connectivity index (χ3n) is 5.36. The molecule has 0 fully saturated rings. The lowest BCUT2D eigenvalue weighted by Gasteiger charge is -2.25. The molecule has 0 bridgehead atoms. The average Bonchev–Trinajstić information content (AvgIpc) is 2.77. The van der Waals surface area contributed by atoms with Gasteiger partial charge < -0.3 is 19.8 Å². The summed E-state index contributed by atoms with van der Waals surface area (Å²) in [5.74, 6) is 0.855. The molecule has 3 aromatic rings. The van der Waals surface area contributed by atoms with Crippen LogP contribution in [0.5, 0.6) is 11.5 Å². The second kappa shape index (κ2) is 8.85. The van der Waals surface area contributed by atoms with Crippen molar-refractivity contribution in [2.24, 2.45) is 0 Å². The third kappa shape index (κ3) is 4.29. The minimum absolute atomic E-state index is 0.156. The molecule has 1 atom stereocenters. The van der Waals surface area contributed by atoms with Gasteiger partial charge in [0.2, 0.25) is 5.91 Å². The predicted molar refractivity (Wildman–Crippen MR) is 120 cm³/mol. The van der Waals surface area contributed by atoms with E-state index in [0.717, 1.165) is 16.7 Å². The van der Waals surface area contributed by atoms with Crippen LogP contribution >= 0.6 is 11.8 Å². The number of benzene rings is 2. The number of hydrogen-bond donors (Lipinski definition) is 2. The van der Waals surface area contributed by atoms with Crippen LogP contribution in [-0.2, 0) is 11.4 Å². The molecule has 0 spiro atoms. The van der Waals surface area contributed by atoms with Gasteiger partial charge in [0.25, 0.3) is 5.56 Å². The first-order valence-corrected chi connectivity index (χ1v) is 11.1. The van der Waals surface area contributed by atoms with Crippen molar-refractivity contribution in [3.63, 3.8) is 0 Å². The average molecular weight is 438 g/mol. The number of aryl methyl sites for hydroxylation is 1. The molecule has 2 N–H and O–H groups in total. The van der Waals surface area contributed by atoms with Gasteiger partial charge in [-0.05, 0) is 42.0 Å². The zero-order valence-corrected chi connectivity index (χ0v) is 18.3. The summed E-state index contributed by atoms with van der Waals surface area (Å²) in [5.41, 5.74) is 3.24. The minimum atomic E-state index is -0.421. The van der Waals surface area contributed by atoms with E-state index in [-0.39, 0.29) is 17.9 Å². The molecule has 1 amide bonds. The monoisotopic (exact) mass is 437 g/mol. The summed E-state index contributed by atoms with van der Waals surface area (Å²) in [7, 11) is 1.57. The van der Waals surface area contributed by atoms with Crippen LogP contribution in [0.2, 0.25) is 0 Å². The second-order valence-corrected chi connectivity index (χ2v) is 8.06. The molecule has 0 saturated carbocycles. The molecule has 8 heteroatoms. The zero-order chi connectivity index (χ0) is 22.0. The van der Waals surface area contributed by atoms with Crippen LogP contribution in [-0.4, -0.2) is 29.2 Å². The Hall–Kier alpha value is -3.26. The van der Waals surface area contributed by atoms with Gasteiger partial charge >= 0.3 is 0 Å². The molecule has 2 heterocycles. The predicted octanol–water partition coefficient (Wildman–Crippen LogP) is 3.86. The minimum Gasteiger partial charge on any atom is -0.493 e. The number of nitrogens with one attached hydrogen (secondary N) is 2. The molecular weight excluding hydrogens is 414 g/mol. The van der Waals surface area contributed by atoms with Crippen molar-refractivity contribution >= 4 is 23.5 Å². The first kappa shape index (κ1) is 21.0. The van der Waals surface area contributed by atoms with E-state index in [1.165, 1.54) is 11.8 Å². The zero-order valence-electron chi connectivity index (χ0n) is 17.5. The van der Waals surface area contributed by atoms with Gasteiger partial charge in [0, 0.05) is 12.3 Å². The molecule has 31 heavy (non-hydrogen) atoms. The summed E-state index contributed by atoms with van der Waals surface area (Å²) >= 11 is 1.31. The van der Waals surface area contributed by atoms with Crippen LogP contribution in [0.1, 0.15) is 34.6 Å². The van der Waals surface area contributed by atoms with Crippen LogP contribution in [0.4, 0.5) is 5.82 Å². The number of anilines is 1. The van der Waals surface area contributed by atoms with Crippen LogP contribution in [0.15, 0.2) is 52.4 Å². The molecule has 0 unspecified atom stereocenters. The Morgan fingerprint density at radius 3 is 2.71 bits per heavy atom. The van der Waals surface area contributed by atoms with E-state index < -0.39 is 5.92 Å². The molecule has 160 valence electrons. The maximum Gasteiger partial charge on any atom is 0.257 e.